The number of carboxylic acids is 1. The summed E-state index contributed by atoms with van der Waals surface area (Å²) in [4.78, 5) is 84.4. The van der Waals surface area contributed by atoms with Crippen molar-refractivity contribution in [1.82, 2.24) is 20.9 Å². The van der Waals surface area contributed by atoms with E-state index in [1.165, 1.54) is 12.2 Å². The van der Waals surface area contributed by atoms with Crippen molar-refractivity contribution in [2.24, 2.45) is 11.1 Å². The summed E-state index contributed by atoms with van der Waals surface area (Å²) in [5, 5.41) is 16.6. The third-order valence-corrected chi connectivity index (χ3v) is 5.56. The molecule has 13 heteroatoms. The number of carbonyl (C=O) groups is 7. The predicted molar refractivity (Wildman–Crippen MR) is 132 cm³/mol. The smallest absolute Gasteiger partial charge is 0.312 e. The van der Waals surface area contributed by atoms with Crippen LogP contribution >= 0.6 is 0 Å². The van der Waals surface area contributed by atoms with Crippen molar-refractivity contribution >= 4 is 41.4 Å². The number of hydrogen-bond donors (Lipinski definition) is 5. The maximum atomic E-state index is 12.9. The molecule has 0 aromatic carbocycles. The van der Waals surface area contributed by atoms with Crippen LogP contribution in [0.1, 0.15) is 65.7 Å². The van der Waals surface area contributed by atoms with Crippen molar-refractivity contribution in [2.75, 3.05) is 13.1 Å². The molecular formula is C24H37N5O8. The normalized spacial score (nSPS) is 14.7. The van der Waals surface area contributed by atoms with E-state index in [4.69, 9.17) is 5.73 Å². The standard InChI is InChI=1S/C24H37N5O8/c1-24(2,3)21(35)15(8-7-12-26-23(25)37)28-22(36)16(14-20(33)34)27-17(30)9-5-4-6-13-29-18(31)10-11-19(29)32/h10-11,15-16H,4-9,12-14H2,1-3H3,(H,27,30)(H,28,36)(H,33,34)(H3,25,26,37)/t15-,16-/m0/s1. The van der Waals surface area contributed by atoms with Gasteiger partial charge in [-0.05, 0) is 25.7 Å². The van der Waals surface area contributed by atoms with Crippen molar-refractivity contribution in [3.05, 3.63) is 12.2 Å². The third kappa shape index (κ3) is 11.7. The molecule has 1 heterocycles. The fourth-order valence-electron chi connectivity index (χ4n) is 3.62. The molecule has 0 aromatic heterocycles. The monoisotopic (exact) mass is 523 g/mol. The summed E-state index contributed by atoms with van der Waals surface area (Å²) in [6, 6.07) is -3.07. The zero-order chi connectivity index (χ0) is 28.2. The largest absolute Gasteiger partial charge is 0.481 e. The molecule has 0 saturated carbocycles. The van der Waals surface area contributed by atoms with Gasteiger partial charge in [-0.2, -0.15) is 0 Å². The Kier molecular flexibility index (Phi) is 12.4. The van der Waals surface area contributed by atoms with Crippen LogP contribution in [-0.2, 0) is 28.8 Å². The van der Waals surface area contributed by atoms with Gasteiger partial charge in [0.2, 0.25) is 11.8 Å². The first-order valence-corrected chi connectivity index (χ1v) is 12.1. The lowest BCUT2D eigenvalue weighted by atomic mass is 9.84. The fourth-order valence-corrected chi connectivity index (χ4v) is 3.62. The minimum Gasteiger partial charge on any atom is -0.481 e. The SMILES string of the molecule is CC(C)(C)C(=O)[C@H](CCCNC(N)=O)NC(=O)[C@H](CC(=O)O)NC(=O)CCCCCN1C(=O)C=CC1=O. The molecule has 1 aliphatic heterocycles. The number of primary amides is 1. The molecule has 0 unspecified atom stereocenters. The average molecular weight is 524 g/mol. The van der Waals surface area contributed by atoms with Crippen molar-refractivity contribution < 1.29 is 38.7 Å². The Balaban J connectivity index is 2.65. The number of ketones is 1. The van der Waals surface area contributed by atoms with Crippen LogP contribution in [-0.4, -0.2) is 76.6 Å². The second-order valence-electron chi connectivity index (χ2n) is 9.80. The predicted octanol–water partition coefficient (Wildman–Crippen LogP) is -0.0202. The van der Waals surface area contributed by atoms with Crippen molar-refractivity contribution in [3.8, 4) is 0 Å². The zero-order valence-corrected chi connectivity index (χ0v) is 21.5. The lowest BCUT2D eigenvalue weighted by Crippen LogP contribution is -2.54. The molecule has 13 nitrogen and oxygen atoms in total. The summed E-state index contributed by atoms with van der Waals surface area (Å²) < 4.78 is 0. The third-order valence-electron chi connectivity index (χ3n) is 5.56. The van der Waals surface area contributed by atoms with Gasteiger partial charge in [0.25, 0.3) is 11.8 Å². The molecule has 2 atom stereocenters. The maximum Gasteiger partial charge on any atom is 0.312 e. The first kappa shape index (κ1) is 31.3. The highest BCUT2D eigenvalue weighted by Crippen LogP contribution is 2.19. The Morgan fingerprint density at radius 2 is 1.57 bits per heavy atom. The highest BCUT2D eigenvalue weighted by Gasteiger charge is 2.33. The van der Waals surface area contributed by atoms with Crippen molar-refractivity contribution in [1.29, 1.82) is 0 Å². The number of amides is 6. The highest BCUT2D eigenvalue weighted by molar-refractivity contribution is 6.12. The number of carbonyl (C=O) groups excluding carboxylic acids is 6. The number of urea groups is 1. The minimum atomic E-state index is -1.39. The molecule has 6 amide bonds. The average Bonchev–Trinajstić information content (AvgIpc) is 3.10. The van der Waals surface area contributed by atoms with Crippen LogP contribution in [0.4, 0.5) is 4.79 Å². The van der Waals surface area contributed by atoms with E-state index in [9.17, 15) is 38.7 Å². The van der Waals surface area contributed by atoms with Crippen LogP contribution in [0.15, 0.2) is 12.2 Å². The Hall–Kier alpha value is -3.77. The first-order chi connectivity index (χ1) is 17.2. The van der Waals surface area contributed by atoms with Gasteiger partial charge in [-0.15, -0.1) is 0 Å². The minimum absolute atomic E-state index is 0.00663. The van der Waals surface area contributed by atoms with Gasteiger partial charge in [-0.25, -0.2) is 4.79 Å². The van der Waals surface area contributed by atoms with Crippen LogP contribution < -0.4 is 21.7 Å². The molecule has 6 N–H and O–H groups in total. The molecule has 0 bridgehead atoms. The molecule has 0 fully saturated rings. The molecule has 0 aliphatic carbocycles. The molecule has 0 aromatic rings. The van der Waals surface area contributed by atoms with Gasteiger partial charge in [-0.1, -0.05) is 27.2 Å². The van der Waals surface area contributed by atoms with Crippen LogP contribution in [0.5, 0.6) is 0 Å². The lowest BCUT2D eigenvalue weighted by molar-refractivity contribution is -0.141. The molecular weight excluding hydrogens is 486 g/mol. The summed E-state index contributed by atoms with van der Waals surface area (Å²) in [6.45, 7) is 5.45. The lowest BCUT2D eigenvalue weighted by Gasteiger charge is -2.27. The van der Waals surface area contributed by atoms with Gasteiger partial charge in [0.1, 0.15) is 6.04 Å². The van der Waals surface area contributed by atoms with Crippen LogP contribution in [0.2, 0.25) is 0 Å². The Labute approximate surface area is 215 Å². The molecule has 0 spiro atoms. The topological polar surface area (TPSA) is 205 Å². The number of unbranched alkanes of at least 4 members (excludes halogenated alkanes) is 2. The van der Waals surface area contributed by atoms with Gasteiger partial charge < -0.3 is 26.8 Å². The van der Waals surface area contributed by atoms with Gasteiger partial charge in [0, 0.05) is 37.1 Å². The molecule has 1 aliphatic rings. The number of nitrogens with one attached hydrogen (secondary N) is 3. The van der Waals surface area contributed by atoms with E-state index < -0.39 is 47.7 Å². The number of aliphatic carboxylic acids is 1. The van der Waals surface area contributed by atoms with Crippen molar-refractivity contribution in [2.45, 2.75) is 77.8 Å². The number of imide groups is 1. The number of carboxylic acid groups (broad SMARTS) is 1. The zero-order valence-electron chi connectivity index (χ0n) is 21.5. The second-order valence-corrected chi connectivity index (χ2v) is 9.80. The number of nitrogens with two attached hydrogens (primary N) is 1. The van der Waals surface area contributed by atoms with E-state index in [0.29, 0.717) is 25.7 Å². The van der Waals surface area contributed by atoms with Gasteiger partial charge in [0.05, 0.1) is 12.5 Å². The van der Waals surface area contributed by atoms with E-state index in [1.54, 1.807) is 20.8 Å². The van der Waals surface area contributed by atoms with Crippen LogP contribution in [0.3, 0.4) is 0 Å². The summed E-state index contributed by atoms with van der Waals surface area (Å²) in [6.07, 6.45) is 3.64. The molecule has 0 radical (unpaired) electrons. The molecule has 206 valence electrons. The van der Waals surface area contributed by atoms with Gasteiger partial charge in [-0.3, -0.25) is 33.7 Å². The molecule has 1 rings (SSSR count). The Morgan fingerprint density at radius 1 is 0.946 bits per heavy atom. The van der Waals surface area contributed by atoms with E-state index in [1.807, 2.05) is 0 Å². The van der Waals surface area contributed by atoms with Gasteiger partial charge >= 0.3 is 12.0 Å². The number of hydrogen-bond acceptors (Lipinski definition) is 7. The van der Waals surface area contributed by atoms with E-state index in [2.05, 4.69) is 16.0 Å². The Morgan fingerprint density at radius 3 is 2.11 bits per heavy atom. The molecule has 37 heavy (non-hydrogen) atoms. The quantitative estimate of drug-likeness (QED) is 0.137. The number of nitrogens with zero attached hydrogens (tertiary/aromatic N) is 1. The summed E-state index contributed by atoms with van der Waals surface area (Å²) in [5.41, 5.74) is 4.22. The highest BCUT2D eigenvalue weighted by atomic mass is 16.4. The number of rotatable bonds is 16. The van der Waals surface area contributed by atoms with E-state index >= 15 is 0 Å². The Bertz CT molecular complexity index is 907. The van der Waals surface area contributed by atoms with Crippen LogP contribution in [0, 0.1) is 5.41 Å². The van der Waals surface area contributed by atoms with Crippen LogP contribution in [0.25, 0.3) is 0 Å². The van der Waals surface area contributed by atoms with E-state index in [-0.39, 0.29) is 43.5 Å². The first-order valence-electron chi connectivity index (χ1n) is 12.1. The van der Waals surface area contributed by atoms with Gasteiger partial charge in [0.15, 0.2) is 5.78 Å². The summed E-state index contributed by atoms with van der Waals surface area (Å²) in [5.74, 6) is -3.69. The molecule has 0 saturated heterocycles. The maximum absolute atomic E-state index is 12.9. The summed E-state index contributed by atoms with van der Waals surface area (Å²) in [7, 11) is 0. The second kappa shape index (κ2) is 14.7. The van der Waals surface area contributed by atoms with Crippen molar-refractivity contribution in [3.63, 3.8) is 0 Å². The number of Topliss-reactive ketones (excluding diaryl/α,β-unsaturated/α-hetero) is 1. The summed E-state index contributed by atoms with van der Waals surface area (Å²) >= 11 is 0. The van der Waals surface area contributed by atoms with E-state index in [0.717, 1.165) is 4.90 Å². The fraction of sp³-hybridized carbons (Fsp3) is 0.625.